The van der Waals surface area contributed by atoms with Crippen molar-refractivity contribution in [3.05, 3.63) is 0 Å². The van der Waals surface area contributed by atoms with Crippen molar-refractivity contribution >= 4 is 0 Å². The Kier molecular flexibility index (Phi) is 8.40. The van der Waals surface area contributed by atoms with Crippen LogP contribution in [0.1, 0.15) is 26.2 Å². The number of rotatable bonds is 8. The number of methoxy groups -OCH3 is 2. The van der Waals surface area contributed by atoms with Crippen molar-refractivity contribution < 1.29 is 9.47 Å². The highest BCUT2D eigenvalue weighted by atomic mass is 16.7. The fourth-order valence-corrected chi connectivity index (χ4v) is 1.22. The molecule has 0 spiro atoms. The Bertz CT molecular complexity index is 105. The second kappa shape index (κ2) is 8.48. The molecule has 0 unspecified atom stereocenters. The van der Waals surface area contributed by atoms with Crippen LogP contribution in [0.25, 0.3) is 0 Å². The summed E-state index contributed by atoms with van der Waals surface area (Å²) in [5.74, 6) is 0. The fourth-order valence-electron chi connectivity index (χ4n) is 1.22. The van der Waals surface area contributed by atoms with E-state index in [1.807, 2.05) is 0 Å². The van der Waals surface area contributed by atoms with Gasteiger partial charge in [-0.25, -0.2) is 0 Å². The van der Waals surface area contributed by atoms with Crippen LogP contribution in [0.15, 0.2) is 0 Å². The molecule has 0 aromatic rings. The van der Waals surface area contributed by atoms with Gasteiger partial charge in [0, 0.05) is 20.8 Å². The average Bonchev–Trinajstić information content (AvgIpc) is 2.14. The van der Waals surface area contributed by atoms with Crippen molar-refractivity contribution in [1.82, 2.24) is 4.90 Å². The molecule has 0 N–H and O–H groups in total. The van der Waals surface area contributed by atoms with Gasteiger partial charge in [0.15, 0.2) is 6.29 Å². The lowest BCUT2D eigenvalue weighted by Crippen LogP contribution is -2.32. The zero-order chi connectivity index (χ0) is 10.1. The van der Waals surface area contributed by atoms with E-state index in [4.69, 9.17) is 9.47 Å². The van der Waals surface area contributed by atoms with Gasteiger partial charge in [-0.2, -0.15) is 0 Å². The highest BCUT2D eigenvalue weighted by Crippen LogP contribution is 1.99. The molecule has 0 radical (unpaired) electrons. The highest BCUT2D eigenvalue weighted by Gasteiger charge is 2.07. The molecule has 0 bridgehead atoms. The van der Waals surface area contributed by atoms with Gasteiger partial charge < -0.3 is 14.4 Å². The van der Waals surface area contributed by atoms with E-state index >= 15 is 0 Å². The largest absolute Gasteiger partial charge is 0.355 e. The van der Waals surface area contributed by atoms with Gasteiger partial charge in [-0.15, -0.1) is 0 Å². The summed E-state index contributed by atoms with van der Waals surface area (Å²) in [5.41, 5.74) is 0. The second-order valence-electron chi connectivity index (χ2n) is 3.37. The van der Waals surface area contributed by atoms with Crippen molar-refractivity contribution in [2.24, 2.45) is 0 Å². The zero-order valence-corrected chi connectivity index (χ0v) is 9.38. The maximum atomic E-state index is 5.11. The molecule has 0 aromatic carbocycles. The Morgan fingerprint density at radius 2 is 1.77 bits per heavy atom. The number of likely N-dealkylation sites (N-methyl/N-ethyl adjacent to an activating group) is 1. The molecular weight excluding hydrogens is 166 g/mol. The molecular formula is C10H23NO2. The Balaban J connectivity index is 3.42. The molecule has 0 saturated heterocycles. The SMILES string of the molecule is CCCCCN(C)CC(OC)OC. The number of hydrogen-bond donors (Lipinski definition) is 0. The van der Waals surface area contributed by atoms with Crippen LogP contribution < -0.4 is 0 Å². The molecule has 0 saturated carbocycles. The third-order valence-corrected chi connectivity index (χ3v) is 2.13. The minimum atomic E-state index is -0.0911. The molecule has 0 fully saturated rings. The first-order valence-corrected chi connectivity index (χ1v) is 4.98. The first kappa shape index (κ1) is 12.9. The van der Waals surface area contributed by atoms with Crippen molar-refractivity contribution in [2.45, 2.75) is 32.5 Å². The molecule has 0 heterocycles. The molecule has 0 aliphatic carbocycles. The predicted molar refractivity (Wildman–Crippen MR) is 54.8 cm³/mol. The van der Waals surface area contributed by atoms with Crippen molar-refractivity contribution in [3.63, 3.8) is 0 Å². The van der Waals surface area contributed by atoms with Crippen molar-refractivity contribution in [3.8, 4) is 0 Å². The van der Waals surface area contributed by atoms with Gasteiger partial charge in [0.25, 0.3) is 0 Å². The van der Waals surface area contributed by atoms with Crippen LogP contribution in [0.3, 0.4) is 0 Å². The minimum Gasteiger partial charge on any atom is -0.355 e. The summed E-state index contributed by atoms with van der Waals surface area (Å²) < 4.78 is 10.2. The van der Waals surface area contributed by atoms with Gasteiger partial charge in [-0.1, -0.05) is 19.8 Å². The summed E-state index contributed by atoms with van der Waals surface area (Å²) in [7, 11) is 5.45. The molecule has 3 heteroatoms. The molecule has 0 aliphatic heterocycles. The monoisotopic (exact) mass is 189 g/mol. The van der Waals surface area contributed by atoms with Crippen LogP contribution in [0.2, 0.25) is 0 Å². The van der Waals surface area contributed by atoms with Crippen LogP contribution >= 0.6 is 0 Å². The van der Waals surface area contributed by atoms with Crippen LogP contribution in [0.5, 0.6) is 0 Å². The highest BCUT2D eigenvalue weighted by molar-refractivity contribution is 4.54. The van der Waals surface area contributed by atoms with Crippen LogP contribution in [0, 0.1) is 0 Å². The Morgan fingerprint density at radius 1 is 1.15 bits per heavy atom. The quantitative estimate of drug-likeness (QED) is 0.429. The second-order valence-corrected chi connectivity index (χ2v) is 3.37. The molecule has 13 heavy (non-hydrogen) atoms. The summed E-state index contributed by atoms with van der Waals surface area (Å²) in [6.07, 6.45) is 3.74. The van der Waals surface area contributed by atoms with Gasteiger partial charge in [0.1, 0.15) is 0 Å². The first-order valence-electron chi connectivity index (χ1n) is 4.98. The van der Waals surface area contributed by atoms with E-state index in [9.17, 15) is 0 Å². The van der Waals surface area contributed by atoms with E-state index in [1.54, 1.807) is 14.2 Å². The van der Waals surface area contributed by atoms with Crippen molar-refractivity contribution in [2.75, 3.05) is 34.4 Å². The van der Waals surface area contributed by atoms with E-state index in [0.29, 0.717) is 0 Å². The summed E-state index contributed by atoms with van der Waals surface area (Å²) in [6.45, 7) is 4.18. The van der Waals surface area contributed by atoms with Gasteiger partial charge in [0.2, 0.25) is 0 Å². The molecule has 0 atom stereocenters. The normalized spacial score (nSPS) is 11.5. The first-order chi connectivity index (χ1) is 6.24. The van der Waals surface area contributed by atoms with Gasteiger partial charge in [0.05, 0.1) is 0 Å². The minimum absolute atomic E-state index is 0.0911. The summed E-state index contributed by atoms with van der Waals surface area (Å²) in [4.78, 5) is 2.24. The Morgan fingerprint density at radius 3 is 2.23 bits per heavy atom. The molecule has 0 rings (SSSR count). The summed E-state index contributed by atoms with van der Waals surface area (Å²) >= 11 is 0. The predicted octanol–water partition coefficient (Wildman–Crippen LogP) is 1.73. The summed E-state index contributed by atoms with van der Waals surface area (Å²) in [6, 6.07) is 0. The third-order valence-electron chi connectivity index (χ3n) is 2.13. The zero-order valence-electron chi connectivity index (χ0n) is 9.38. The van der Waals surface area contributed by atoms with Gasteiger partial charge in [-0.05, 0) is 20.0 Å². The molecule has 0 aromatic heterocycles. The maximum absolute atomic E-state index is 5.11. The van der Waals surface area contributed by atoms with Gasteiger partial charge >= 0.3 is 0 Å². The lowest BCUT2D eigenvalue weighted by molar-refractivity contribution is -0.113. The maximum Gasteiger partial charge on any atom is 0.169 e. The van der Waals surface area contributed by atoms with E-state index in [-0.39, 0.29) is 6.29 Å². The van der Waals surface area contributed by atoms with E-state index in [0.717, 1.165) is 13.1 Å². The number of unbranched alkanes of at least 4 members (excludes halogenated alkanes) is 2. The van der Waals surface area contributed by atoms with Crippen LogP contribution in [-0.4, -0.2) is 45.5 Å². The Hall–Kier alpha value is -0.120. The van der Waals surface area contributed by atoms with Crippen LogP contribution in [0.4, 0.5) is 0 Å². The number of ether oxygens (including phenoxy) is 2. The lowest BCUT2D eigenvalue weighted by Gasteiger charge is -2.21. The number of hydrogen-bond acceptors (Lipinski definition) is 3. The third kappa shape index (κ3) is 6.99. The van der Waals surface area contributed by atoms with Crippen LogP contribution in [-0.2, 0) is 9.47 Å². The number of nitrogens with zero attached hydrogens (tertiary/aromatic N) is 1. The topological polar surface area (TPSA) is 21.7 Å². The molecule has 0 amide bonds. The van der Waals surface area contributed by atoms with Crippen molar-refractivity contribution in [1.29, 1.82) is 0 Å². The Labute approximate surface area is 82.0 Å². The van der Waals surface area contributed by atoms with Gasteiger partial charge in [-0.3, -0.25) is 0 Å². The van der Waals surface area contributed by atoms with E-state index in [2.05, 4.69) is 18.9 Å². The molecule has 0 aliphatic rings. The standard InChI is InChI=1S/C10H23NO2/c1-5-6-7-8-11(2)9-10(12-3)13-4/h10H,5-9H2,1-4H3. The average molecular weight is 189 g/mol. The lowest BCUT2D eigenvalue weighted by atomic mass is 10.2. The summed E-state index contributed by atoms with van der Waals surface area (Å²) in [5, 5.41) is 0. The molecule has 80 valence electrons. The molecule has 3 nitrogen and oxygen atoms in total. The van der Waals surface area contributed by atoms with E-state index in [1.165, 1.54) is 19.3 Å². The van der Waals surface area contributed by atoms with E-state index < -0.39 is 0 Å². The fraction of sp³-hybridized carbons (Fsp3) is 1.00. The smallest absolute Gasteiger partial charge is 0.169 e.